The Bertz CT molecular complexity index is 113. The second-order valence-corrected chi connectivity index (χ2v) is 1.59. The Hall–Kier alpha value is -0.390. The Labute approximate surface area is 63.2 Å². The van der Waals surface area contributed by atoms with E-state index in [1.54, 1.807) is 0 Å². The molecule has 0 saturated carbocycles. The van der Waals surface area contributed by atoms with Crippen LogP contribution in [0.4, 0.5) is 4.39 Å². The highest BCUT2D eigenvalue weighted by Gasteiger charge is 2.20. The minimum absolute atomic E-state index is 0. The van der Waals surface area contributed by atoms with E-state index in [2.05, 4.69) is 0 Å². The molecule has 0 unspecified atom stereocenters. The second kappa shape index (κ2) is 5.40. The zero-order valence-corrected chi connectivity index (χ0v) is 5.84. The van der Waals surface area contributed by atoms with Gasteiger partial charge in [0.15, 0.2) is 0 Å². The number of halogens is 2. The Balaban J connectivity index is 0. The summed E-state index contributed by atoms with van der Waals surface area (Å²) in [5.41, 5.74) is 4.78. The van der Waals surface area contributed by atoms with E-state index in [0.29, 0.717) is 0 Å². The van der Waals surface area contributed by atoms with Gasteiger partial charge in [-0.2, -0.15) is 0 Å². The molecule has 0 radical (unpaired) electrons. The zero-order chi connectivity index (χ0) is 7.44. The van der Waals surface area contributed by atoms with E-state index in [1.807, 2.05) is 0 Å². The first-order valence-electron chi connectivity index (χ1n) is 2.32. The molecule has 6 heteroatoms. The molecule has 4 nitrogen and oxygen atoms in total. The van der Waals surface area contributed by atoms with Gasteiger partial charge in [-0.25, -0.2) is 4.39 Å². The second-order valence-electron chi connectivity index (χ2n) is 1.59. The van der Waals surface area contributed by atoms with Crippen LogP contribution in [0.15, 0.2) is 0 Å². The summed E-state index contributed by atoms with van der Waals surface area (Å²) in [6.45, 7) is -1.13. The molecule has 0 aromatic rings. The zero-order valence-electron chi connectivity index (χ0n) is 5.03. The lowest BCUT2D eigenvalue weighted by atomic mass is 10.2. The molecule has 0 saturated heterocycles. The van der Waals surface area contributed by atoms with Crippen LogP contribution in [0.2, 0.25) is 0 Å². The van der Waals surface area contributed by atoms with Gasteiger partial charge in [-0.05, 0) is 0 Å². The van der Waals surface area contributed by atoms with Crippen LogP contribution in [0.3, 0.4) is 0 Å². The molecule has 4 N–H and O–H groups in total. The summed E-state index contributed by atoms with van der Waals surface area (Å²) < 4.78 is 11.4. The van der Waals surface area contributed by atoms with Gasteiger partial charge in [-0.15, -0.1) is 12.4 Å². The fourth-order valence-corrected chi connectivity index (χ4v) is 0.261. The van der Waals surface area contributed by atoms with E-state index in [0.717, 1.165) is 0 Å². The van der Waals surface area contributed by atoms with E-state index >= 15 is 0 Å². The lowest BCUT2D eigenvalue weighted by molar-refractivity contribution is -0.141. The van der Waals surface area contributed by atoms with Gasteiger partial charge in [-0.3, -0.25) is 4.79 Å². The minimum atomic E-state index is -1.59. The molecule has 0 fully saturated rings. The van der Waals surface area contributed by atoms with E-state index in [-0.39, 0.29) is 12.4 Å². The predicted octanol–water partition coefficient (Wildman–Crippen LogP) is -0.850. The Morgan fingerprint density at radius 2 is 2.10 bits per heavy atom. The van der Waals surface area contributed by atoms with Gasteiger partial charge >= 0.3 is 5.97 Å². The van der Waals surface area contributed by atoms with Gasteiger partial charge in [0.1, 0.15) is 18.8 Å². The van der Waals surface area contributed by atoms with Gasteiger partial charge in [0.05, 0.1) is 0 Å². The van der Waals surface area contributed by atoms with Crippen molar-refractivity contribution in [1.82, 2.24) is 0 Å². The first-order chi connectivity index (χ1) is 4.09. The van der Waals surface area contributed by atoms with E-state index in [9.17, 15) is 9.18 Å². The molecule has 0 spiro atoms. The number of aliphatic hydroxyl groups is 1. The SMILES string of the molecule is Cl.N[C@H](C(=O)O)[C@H](O)CF. The summed E-state index contributed by atoms with van der Waals surface area (Å²) in [6, 6.07) is -1.52. The molecule has 0 aromatic carbocycles. The number of alkyl halides is 1. The van der Waals surface area contributed by atoms with Gasteiger partial charge in [0.25, 0.3) is 0 Å². The number of hydrogen-bond acceptors (Lipinski definition) is 3. The summed E-state index contributed by atoms with van der Waals surface area (Å²) in [4.78, 5) is 9.85. The van der Waals surface area contributed by atoms with Gasteiger partial charge in [0, 0.05) is 0 Å². The van der Waals surface area contributed by atoms with E-state index < -0.39 is 24.8 Å². The quantitative estimate of drug-likeness (QED) is 0.519. The number of hydrogen-bond donors (Lipinski definition) is 3. The molecule has 0 amide bonds. The van der Waals surface area contributed by atoms with Gasteiger partial charge in [0.2, 0.25) is 0 Å². The fourth-order valence-electron chi connectivity index (χ4n) is 0.261. The number of carbonyl (C=O) groups is 1. The topological polar surface area (TPSA) is 83.6 Å². The van der Waals surface area contributed by atoms with Crippen LogP contribution in [-0.2, 0) is 4.79 Å². The molecular formula is C4H9ClFNO3. The van der Waals surface area contributed by atoms with Crippen molar-refractivity contribution in [2.75, 3.05) is 6.67 Å². The van der Waals surface area contributed by atoms with Crippen LogP contribution in [0.1, 0.15) is 0 Å². The van der Waals surface area contributed by atoms with Crippen LogP contribution in [-0.4, -0.2) is 35.0 Å². The third-order valence-electron chi connectivity index (χ3n) is 0.858. The van der Waals surface area contributed by atoms with Crippen molar-refractivity contribution in [3.8, 4) is 0 Å². The summed E-state index contributed by atoms with van der Waals surface area (Å²) in [6.07, 6.45) is -1.59. The van der Waals surface area contributed by atoms with E-state index in [1.165, 1.54) is 0 Å². The standard InChI is InChI=1S/C4H8FNO3.ClH/c5-1-2(7)3(6)4(8)9;/h2-3,7H,1,6H2,(H,8,9);1H/t2-,3+;/m1./s1. The Morgan fingerprint density at radius 3 is 2.20 bits per heavy atom. The summed E-state index contributed by atoms with van der Waals surface area (Å²) in [7, 11) is 0. The molecule has 0 heterocycles. The van der Waals surface area contributed by atoms with Crippen LogP contribution < -0.4 is 5.73 Å². The molecule has 62 valence electrons. The molecule has 0 rings (SSSR count). The molecule has 10 heavy (non-hydrogen) atoms. The molecule has 0 bridgehead atoms. The van der Waals surface area contributed by atoms with Crippen molar-refractivity contribution in [1.29, 1.82) is 0 Å². The summed E-state index contributed by atoms with van der Waals surface area (Å²) in [5, 5.41) is 16.4. The van der Waals surface area contributed by atoms with Crippen molar-refractivity contribution in [2.24, 2.45) is 5.73 Å². The highest BCUT2D eigenvalue weighted by atomic mass is 35.5. The number of rotatable bonds is 3. The molecule has 0 aromatic heterocycles. The first kappa shape index (κ1) is 12.3. The molecule has 2 atom stereocenters. The number of nitrogens with two attached hydrogens (primary N) is 1. The number of aliphatic hydroxyl groups excluding tert-OH is 1. The van der Waals surface area contributed by atoms with Crippen LogP contribution in [0.5, 0.6) is 0 Å². The van der Waals surface area contributed by atoms with Crippen molar-refractivity contribution in [2.45, 2.75) is 12.1 Å². The molecular weight excluding hydrogens is 164 g/mol. The lowest BCUT2D eigenvalue weighted by Crippen LogP contribution is -2.42. The van der Waals surface area contributed by atoms with E-state index in [4.69, 9.17) is 15.9 Å². The maximum absolute atomic E-state index is 11.4. The highest BCUT2D eigenvalue weighted by Crippen LogP contribution is 1.90. The monoisotopic (exact) mass is 173 g/mol. The van der Waals surface area contributed by atoms with Crippen molar-refractivity contribution in [3.05, 3.63) is 0 Å². The van der Waals surface area contributed by atoms with Crippen molar-refractivity contribution in [3.63, 3.8) is 0 Å². The normalized spacial score (nSPS) is 15.1. The number of aliphatic carboxylic acids is 1. The lowest BCUT2D eigenvalue weighted by Gasteiger charge is -2.09. The molecule has 0 aliphatic rings. The Kier molecular flexibility index (Phi) is 6.64. The van der Waals surface area contributed by atoms with Gasteiger partial charge in [-0.1, -0.05) is 0 Å². The third kappa shape index (κ3) is 3.60. The maximum atomic E-state index is 11.4. The largest absolute Gasteiger partial charge is 0.480 e. The Morgan fingerprint density at radius 1 is 1.70 bits per heavy atom. The first-order valence-corrected chi connectivity index (χ1v) is 2.32. The third-order valence-corrected chi connectivity index (χ3v) is 0.858. The van der Waals surface area contributed by atoms with Crippen LogP contribution in [0.25, 0.3) is 0 Å². The number of carboxylic acids is 1. The smallest absolute Gasteiger partial charge is 0.323 e. The van der Waals surface area contributed by atoms with Gasteiger partial charge < -0.3 is 15.9 Å². The minimum Gasteiger partial charge on any atom is -0.480 e. The molecule has 0 aliphatic carbocycles. The summed E-state index contributed by atoms with van der Waals surface area (Å²) in [5.74, 6) is -1.40. The maximum Gasteiger partial charge on any atom is 0.323 e. The predicted molar refractivity (Wildman–Crippen MR) is 34.8 cm³/mol. The van der Waals surface area contributed by atoms with Crippen LogP contribution in [0, 0.1) is 0 Å². The summed E-state index contributed by atoms with van der Waals surface area (Å²) >= 11 is 0. The van der Waals surface area contributed by atoms with Crippen molar-refractivity contribution >= 4 is 18.4 Å². The highest BCUT2D eigenvalue weighted by molar-refractivity contribution is 5.85. The van der Waals surface area contributed by atoms with Crippen LogP contribution >= 0.6 is 12.4 Å². The van der Waals surface area contributed by atoms with Crippen molar-refractivity contribution < 1.29 is 19.4 Å². The average Bonchev–Trinajstić information content (AvgIpc) is 1.84. The fraction of sp³-hybridized carbons (Fsp3) is 0.750. The number of carboxylic acid groups (broad SMARTS) is 1. The molecule has 0 aliphatic heterocycles. The average molecular weight is 174 g/mol.